The van der Waals surface area contributed by atoms with Crippen LogP contribution in [-0.2, 0) is 16.1 Å². The number of hydrogen-bond acceptors (Lipinski definition) is 3. The van der Waals surface area contributed by atoms with Gasteiger partial charge >= 0.3 is 0 Å². The number of amides is 2. The van der Waals surface area contributed by atoms with E-state index in [2.05, 4.69) is 5.32 Å². The van der Waals surface area contributed by atoms with Gasteiger partial charge in [-0.1, -0.05) is 35.9 Å². The predicted molar refractivity (Wildman–Crippen MR) is 105 cm³/mol. The lowest BCUT2D eigenvalue weighted by molar-refractivity contribution is -0.126. The van der Waals surface area contributed by atoms with Crippen molar-refractivity contribution >= 4 is 34.8 Å². The molecule has 0 bridgehead atoms. The van der Waals surface area contributed by atoms with Crippen LogP contribution < -0.4 is 15.1 Å². The summed E-state index contributed by atoms with van der Waals surface area (Å²) in [7, 11) is 3.97. The standard InChI is InChI=1S/C20H22ClN3O2/c1-23(2)16-9-7-14(8-10-16)12-22-20(26)15-11-19(25)24(13-15)18-6-4-3-5-17(18)21/h3-10,15H,11-13H2,1-2H3,(H,22,26). The van der Waals surface area contributed by atoms with Gasteiger partial charge in [0.25, 0.3) is 0 Å². The maximum atomic E-state index is 12.5. The minimum Gasteiger partial charge on any atom is -0.378 e. The molecule has 1 N–H and O–H groups in total. The molecule has 26 heavy (non-hydrogen) atoms. The van der Waals surface area contributed by atoms with E-state index in [1.165, 1.54) is 0 Å². The van der Waals surface area contributed by atoms with Crippen LogP contribution >= 0.6 is 11.6 Å². The Morgan fingerprint density at radius 3 is 2.54 bits per heavy atom. The van der Waals surface area contributed by atoms with Gasteiger partial charge in [0.2, 0.25) is 11.8 Å². The van der Waals surface area contributed by atoms with Crippen LogP contribution in [0.15, 0.2) is 48.5 Å². The third-order valence-electron chi connectivity index (χ3n) is 4.56. The fraction of sp³-hybridized carbons (Fsp3) is 0.300. The zero-order chi connectivity index (χ0) is 18.7. The van der Waals surface area contributed by atoms with Crippen molar-refractivity contribution in [1.29, 1.82) is 0 Å². The molecule has 1 saturated heterocycles. The van der Waals surface area contributed by atoms with Gasteiger partial charge in [-0.15, -0.1) is 0 Å². The number of carbonyl (C=O) groups is 2. The Bertz CT molecular complexity index is 805. The quantitative estimate of drug-likeness (QED) is 0.878. The monoisotopic (exact) mass is 371 g/mol. The fourth-order valence-electron chi connectivity index (χ4n) is 3.03. The largest absolute Gasteiger partial charge is 0.378 e. The molecule has 1 atom stereocenters. The molecule has 1 heterocycles. The first-order valence-electron chi connectivity index (χ1n) is 8.54. The predicted octanol–water partition coefficient (Wildman–Crippen LogP) is 3.08. The van der Waals surface area contributed by atoms with Crippen LogP contribution in [-0.4, -0.2) is 32.5 Å². The molecule has 1 aliphatic rings. The smallest absolute Gasteiger partial charge is 0.227 e. The van der Waals surface area contributed by atoms with Crippen molar-refractivity contribution in [2.45, 2.75) is 13.0 Å². The van der Waals surface area contributed by atoms with Gasteiger partial charge in [-0.2, -0.15) is 0 Å². The zero-order valence-corrected chi connectivity index (χ0v) is 15.7. The van der Waals surface area contributed by atoms with E-state index in [9.17, 15) is 9.59 Å². The molecule has 136 valence electrons. The Kier molecular flexibility index (Phi) is 5.47. The molecule has 3 rings (SSSR count). The summed E-state index contributed by atoms with van der Waals surface area (Å²) in [6, 6.07) is 15.2. The molecule has 0 saturated carbocycles. The highest BCUT2D eigenvalue weighted by atomic mass is 35.5. The highest BCUT2D eigenvalue weighted by Crippen LogP contribution is 2.31. The van der Waals surface area contributed by atoms with Gasteiger partial charge in [0.1, 0.15) is 0 Å². The first kappa shape index (κ1) is 18.3. The second-order valence-corrected chi connectivity index (χ2v) is 7.04. The summed E-state index contributed by atoms with van der Waals surface area (Å²) in [5.74, 6) is -0.544. The van der Waals surface area contributed by atoms with Crippen LogP contribution in [0.2, 0.25) is 5.02 Å². The van der Waals surface area contributed by atoms with Crippen LogP contribution in [0, 0.1) is 5.92 Å². The lowest BCUT2D eigenvalue weighted by Crippen LogP contribution is -2.32. The van der Waals surface area contributed by atoms with Crippen LogP contribution in [0.1, 0.15) is 12.0 Å². The van der Waals surface area contributed by atoms with E-state index in [0.717, 1.165) is 11.3 Å². The van der Waals surface area contributed by atoms with Crippen LogP contribution in [0.5, 0.6) is 0 Å². The summed E-state index contributed by atoms with van der Waals surface area (Å²) in [6.45, 7) is 0.803. The molecule has 2 amide bonds. The SMILES string of the molecule is CN(C)c1ccc(CNC(=O)C2CC(=O)N(c3ccccc3Cl)C2)cc1. The van der Waals surface area contributed by atoms with Crippen molar-refractivity contribution in [3.8, 4) is 0 Å². The van der Waals surface area contributed by atoms with E-state index >= 15 is 0 Å². The molecule has 2 aromatic rings. The summed E-state index contributed by atoms with van der Waals surface area (Å²) in [5.41, 5.74) is 2.79. The number of nitrogens with one attached hydrogen (secondary N) is 1. The van der Waals surface area contributed by atoms with Crippen LogP contribution in [0.25, 0.3) is 0 Å². The molecule has 5 nitrogen and oxygen atoms in total. The molecule has 0 spiro atoms. The number of anilines is 2. The minimum absolute atomic E-state index is 0.0754. The van der Waals surface area contributed by atoms with E-state index in [-0.39, 0.29) is 24.2 Å². The number of rotatable bonds is 5. The van der Waals surface area contributed by atoms with Gasteiger partial charge < -0.3 is 15.1 Å². The fourth-order valence-corrected chi connectivity index (χ4v) is 3.27. The molecular formula is C20H22ClN3O2. The lowest BCUT2D eigenvalue weighted by Gasteiger charge is -2.18. The first-order chi connectivity index (χ1) is 12.5. The first-order valence-corrected chi connectivity index (χ1v) is 8.92. The van der Waals surface area contributed by atoms with E-state index in [0.29, 0.717) is 23.8 Å². The average Bonchev–Trinajstić information content (AvgIpc) is 3.02. The maximum Gasteiger partial charge on any atom is 0.227 e. The number of halogens is 1. The third kappa shape index (κ3) is 3.99. The molecule has 0 aromatic heterocycles. The van der Waals surface area contributed by atoms with E-state index in [1.807, 2.05) is 55.4 Å². The zero-order valence-electron chi connectivity index (χ0n) is 14.9. The number of nitrogens with zero attached hydrogens (tertiary/aromatic N) is 2. The number of para-hydroxylation sites is 1. The highest BCUT2D eigenvalue weighted by Gasteiger charge is 2.35. The minimum atomic E-state index is -0.361. The Morgan fingerprint density at radius 2 is 1.88 bits per heavy atom. The molecule has 6 heteroatoms. The number of carbonyl (C=O) groups excluding carboxylic acids is 2. The normalized spacial score (nSPS) is 16.7. The van der Waals surface area contributed by atoms with E-state index in [4.69, 9.17) is 11.6 Å². The molecule has 2 aromatic carbocycles. The summed E-state index contributed by atoms with van der Waals surface area (Å²) in [6.07, 6.45) is 0.205. The van der Waals surface area contributed by atoms with Gasteiger partial charge in [0.05, 0.1) is 16.6 Å². The Morgan fingerprint density at radius 1 is 1.19 bits per heavy atom. The highest BCUT2D eigenvalue weighted by molar-refractivity contribution is 6.33. The van der Waals surface area contributed by atoms with Crippen molar-refractivity contribution in [1.82, 2.24) is 5.32 Å². The van der Waals surface area contributed by atoms with Gasteiger partial charge in [-0.25, -0.2) is 0 Å². The van der Waals surface area contributed by atoms with Gasteiger partial charge in [-0.3, -0.25) is 9.59 Å². The Labute approximate surface area is 158 Å². The molecule has 1 unspecified atom stereocenters. The summed E-state index contributed by atoms with van der Waals surface area (Å²) in [5, 5.41) is 3.45. The molecular weight excluding hydrogens is 350 g/mol. The van der Waals surface area contributed by atoms with Gasteiger partial charge in [0, 0.05) is 39.3 Å². The van der Waals surface area contributed by atoms with Crippen LogP contribution in [0.3, 0.4) is 0 Å². The summed E-state index contributed by atoms with van der Waals surface area (Å²) in [4.78, 5) is 28.4. The Balaban J connectivity index is 1.59. The second kappa shape index (κ2) is 7.79. The molecule has 0 radical (unpaired) electrons. The molecule has 1 aliphatic heterocycles. The third-order valence-corrected chi connectivity index (χ3v) is 4.88. The van der Waals surface area contributed by atoms with Gasteiger partial charge in [0.15, 0.2) is 0 Å². The topological polar surface area (TPSA) is 52.7 Å². The van der Waals surface area contributed by atoms with E-state index in [1.54, 1.807) is 17.0 Å². The maximum absolute atomic E-state index is 12.5. The number of hydrogen-bond donors (Lipinski definition) is 1. The molecule has 1 fully saturated rings. The lowest BCUT2D eigenvalue weighted by atomic mass is 10.1. The second-order valence-electron chi connectivity index (χ2n) is 6.64. The van der Waals surface area contributed by atoms with Crippen molar-refractivity contribution in [2.24, 2.45) is 5.92 Å². The number of benzene rings is 2. The van der Waals surface area contributed by atoms with Crippen molar-refractivity contribution in [2.75, 3.05) is 30.4 Å². The summed E-state index contributed by atoms with van der Waals surface area (Å²) >= 11 is 6.18. The van der Waals surface area contributed by atoms with Crippen molar-refractivity contribution in [3.63, 3.8) is 0 Å². The molecule has 0 aliphatic carbocycles. The van der Waals surface area contributed by atoms with Gasteiger partial charge in [-0.05, 0) is 29.8 Å². The van der Waals surface area contributed by atoms with E-state index < -0.39 is 0 Å². The van der Waals surface area contributed by atoms with Crippen LogP contribution in [0.4, 0.5) is 11.4 Å². The Hall–Kier alpha value is -2.53. The van der Waals surface area contributed by atoms with Crippen molar-refractivity contribution < 1.29 is 9.59 Å². The average molecular weight is 372 g/mol. The summed E-state index contributed by atoms with van der Waals surface area (Å²) < 4.78 is 0. The van der Waals surface area contributed by atoms with Crippen molar-refractivity contribution in [3.05, 3.63) is 59.1 Å².